The molecule has 0 aliphatic heterocycles. The van der Waals surface area contributed by atoms with Gasteiger partial charge in [0.15, 0.2) is 0 Å². The van der Waals surface area contributed by atoms with Gasteiger partial charge in [0.2, 0.25) is 0 Å². The molecule has 0 saturated heterocycles. The molecule has 0 bridgehead atoms. The monoisotopic (exact) mass is 272 g/mol. The first-order valence-corrected chi connectivity index (χ1v) is 8.36. The maximum atomic E-state index is 12.1. The summed E-state index contributed by atoms with van der Waals surface area (Å²) in [6.07, 6.45) is 2.39. The van der Waals surface area contributed by atoms with E-state index in [0.29, 0.717) is 6.42 Å². The van der Waals surface area contributed by atoms with Crippen LogP contribution in [0.5, 0.6) is 0 Å². The highest BCUT2D eigenvalue weighted by Gasteiger charge is 2.30. The van der Waals surface area contributed by atoms with Gasteiger partial charge in [-0.25, -0.2) is 4.21 Å². The lowest BCUT2D eigenvalue weighted by Gasteiger charge is -2.16. The lowest BCUT2D eigenvalue weighted by Crippen LogP contribution is -2.08. The number of hydrogen-bond acceptors (Lipinski definition) is 5. The van der Waals surface area contributed by atoms with E-state index in [0.717, 1.165) is 5.75 Å². The van der Waals surface area contributed by atoms with E-state index >= 15 is 0 Å². The predicted molar refractivity (Wildman–Crippen MR) is 67.0 cm³/mol. The quantitative estimate of drug-likeness (QED) is 0.501. The largest absolute Gasteiger partial charge is 0.370 e. The van der Waals surface area contributed by atoms with Gasteiger partial charge in [0, 0.05) is 6.42 Å². The van der Waals surface area contributed by atoms with Crippen molar-refractivity contribution in [2.24, 2.45) is 0 Å². The van der Waals surface area contributed by atoms with E-state index in [1.165, 1.54) is 0 Å². The van der Waals surface area contributed by atoms with Crippen LogP contribution in [0.3, 0.4) is 0 Å². The average molecular weight is 272 g/mol. The Morgan fingerprint density at radius 3 is 2.13 bits per heavy atom. The molecule has 0 aliphatic rings. The molecular weight excluding hydrogens is 255 g/mol. The van der Waals surface area contributed by atoms with Crippen molar-refractivity contribution < 1.29 is 17.8 Å². The van der Waals surface area contributed by atoms with E-state index in [1.54, 1.807) is 25.6 Å². The fraction of sp³-hybridized carbons (Fsp3) is 0.875. The van der Waals surface area contributed by atoms with Crippen LogP contribution in [0, 0.1) is 0 Å². The van der Waals surface area contributed by atoms with E-state index in [2.05, 4.69) is 0 Å². The molecule has 4 nitrogen and oxygen atoms in total. The first kappa shape index (κ1) is 15.4. The second kappa shape index (κ2) is 8.53. The average Bonchev–Trinajstić information content (AvgIpc) is 2.19. The van der Waals surface area contributed by atoms with Crippen molar-refractivity contribution in [3.8, 4) is 0 Å². The Labute approximate surface area is 98.7 Å². The third-order valence-corrected chi connectivity index (χ3v) is 5.45. The molecule has 0 saturated carbocycles. The molecule has 0 spiro atoms. The van der Waals surface area contributed by atoms with Crippen molar-refractivity contribution in [2.75, 3.05) is 25.2 Å². The minimum Gasteiger partial charge on any atom is -0.305 e. The highest BCUT2D eigenvalue weighted by atomic mass is 32.2. The van der Waals surface area contributed by atoms with Gasteiger partial charge >= 0.3 is 7.60 Å². The van der Waals surface area contributed by atoms with Gasteiger partial charge in [-0.2, -0.15) is 11.8 Å². The lowest BCUT2D eigenvalue weighted by molar-refractivity contribution is 0.232. The van der Waals surface area contributed by atoms with Crippen LogP contribution in [0.25, 0.3) is 0 Å². The van der Waals surface area contributed by atoms with Crippen LogP contribution in [0.15, 0.2) is 0 Å². The molecule has 7 heteroatoms. The Balaban J connectivity index is 4.71. The fourth-order valence-corrected chi connectivity index (χ4v) is 3.92. The molecule has 0 unspecified atom stereocenters. The van der Waals surface area contributed by atoms with Crippen LogP contribution in [0.4, 0.5) is 0 Å². The zero-order valence-corrected chi connectivity index (χ0v) is 11.8. The van der Waals surface area contributed by atoms with Gasteiger partial charge in [-0.3, -0.25) is 4.57 Å². The van der Waals surface area contributed by atoms with Crippen molar-refractivity contribution in [1.82, 2.24) is 0 Å². The van der Waals surface area contributed by atoms with Crippen molar-refractivity contribution in [2.45, 2.75) is 20.3 Å². The van der Waals surface area contributed by atoms with Crippen molar-refractivity contribution in [3.63, 3.8) is 0 Å². The Kier molecular flexibility index (Phi) is 8.75. The van der Waals surface area contributed by atoms with Crippen LogP contribution in [-0.4, -0.2) is 34.0 Å². The van der Waals surface area contributed by atoms with Gasteiger partial charge in [-0.15, -0.1) is 0 Å². The van der Waals surface area contributed by atoms with Gasteiger partial charge in [-0.05, 0) is 25.9 Å². The molecule has 90 valence electrons. The smallest absolute Gasteiger partial charge is 0.305 e. The number of hydrogen-bond donors (Lipinski definition) is 0. The molecule has 0 rings (SSSR count). The zero-order valence-electron chi connectivity index (χ0n) is 9.23. The maximum absolute atomic E-state index is 12.1. The van der Waals surface area contributed by atoms with Crippen LogP contribution in [-0.2, 0) is 24.9 Å². The standard InChI is InChI=1S/C8H17O4PS2/c1-4-11-13(9,12-5-2)8(15-10)6-7-14-3/h4-7H2,1-3H3. The second-order valence-corrected chi connectivity index (χ2v) is 6.55. The van der Waals surface area contributed by atoms with Gasteiger partial charge < -0.3 is 9.05 Å². The summed E-state index contributed by atoms with van der Waals surface area (Å²) in [6, 6.07) is 0. The first-order valence-electron chi connectivity index (χ1n) is 4.68. The summed E-state index contributed by atoms with van der Waals surface area (Å²) in [5.41, 5.74) is 0. The lowest BCUT2D eigenvalue weighted by atomic mass is 10.6. The molecule has 0 amide bonds. The molecule has 0 N–H and O–H groups in total. The van der Waals surface area contributed by atoms with E-state index in [9.17, 15) is 8.77 Å². The van der Waals surface area contributed by atoms with Crippen LogP contribution in [0.2, 0.25) is 0 Å². The number of thioether (sulfide) groups is 1. The highest BCUT2D eigenvalue weighted by molar-refractivity contribution is 7.98. The van der Waals surface area contributed by atoms with Crippen LogP contribution < -0.4 is 0 Å². The Hall–Kier alpha value is 0.390. The van der Waals surface area contributed by atoms with E-state index in [-0.39, 0.29) is 29.1 Å². The second-order valence-electron chi connectivity index (χ2n) is 2.55. The minimum atomic E-state index is -3.31. The molecule has 15 heavy (non-hydrogen) atoms. The summed E-state index contributed by atoms with van der Waals surface area (Å²) in [4.78, 5) is 0. The third kappa shape index (κ3) is 5.31. The molecule has 0 aromatic rings. The van der Waals surface area contributed by atoms with Gasteiger partial charge in [0.25, 0.3) is 0 Å². The van der Waals surface area contributed by atoms with Crippen LogP contribution in [0.1, 0.15) is 20.3 Å². The maximum Gasteiger partial charge on any atom is 0.370 e. The molecule has 0 aromatic heterocycles. The molecule has 0 heterocycles. The predicted octanol–water partition coefficient (Wildman–Crippen LogP) is 2.35. The molecule has 0 aliphatic carbocycles. The Morgan fingerprint density at radius 1 is 1.27 bits per heavy atom. The van der Waals surface area contributed by atoms with Gasteiger partial charge in [-0.1, -0.05) is 0 Å². The molecule has 0 aromatic carbocycles. The first-order chi connectivity index (χ1) is 7.14. The van der Waals surface area contributed by atoms with Crippen molar-refractivity contribution in [3.05, 3.63) is 0 Å². The molecular formula is C8H17O4PS2. The normalized spacial score (nSPS) is 11.4. The zero-order chi connectivity index (χ0) is 11.7. The van der Waals surface area contributed by atoms with Crippen LogP contribution >= 0.6 is 19.4 Å². The number of rotatable bonds is 8. The fourth-order valence-electron chi connectivity index (χ4n) is 0.935. The van der Waals surface area contributed by atoms with Gasteiger partial charge in [0.1, 0.15) is 15.9 Å². The summed E-state index contributed by atoms with van der Waals surface area (Å²) in [5.74, 6) is 0.745. The Morgan fingerprint density at radius 2 is 1.80 bits per heavy atom. The molecule has 0 radical (unpaired) electrons. The third-order valence-electron chi connectivity index (χ3n) is 1.52. The topological polar surface area (TPSA) is 52.6 Å². The summed E-state index contributed by atoms with van der Waals surface area (Å²) >= 11 is 1.83. The SMILES string of the molecule is CCOP(=O)(OCC)C(CCSC)=S=O. The van der Waals surface area contributed by atoms with Crippen molar-refractivity contribution in [1.29, 1.82) is 0 Å². The summed E-state index contributed by atoms with van der Waals surface area (Å²) in [7, 11) is -3.31. The van der Waals surface area contributed by atoms with E-state index in [1.807, 2.05) is 6.26 Å². The Bertz CT molecular complexity index is 266. The molecule has 0 fully saturated rings. The minimum absolute atomic E-state index is 0.237. The van der Waals surface area contributed by atoms with E-state index < -0.39 is 7.60 Å². The summed E-state index contributed by atoms with van der Waals surface area (Å²) < 4.78 is 33.5. The molecule has 0 atom stereocenters. The van der Waals surface area contributed by atoms with Crippen molar-refractivity contribution >= 4 is 35.2 Å². The van der Waals surface area contributed by atoms with E-state index in [4.69, 9.17) is 9.05 Å². The highest BCUT2D eigenvalue weighted by Crippen LogP contribution is 2.50. The van der Waals surface area contributed by atoms with Gasteiger partial charge in [0.05, 0.1) is 13.2 Å². The summed E-state index contributed by atoms with van der Waals surface area (Å²) in [5, 5.41) is 0. The summed E-state index contributed by atoms with van der Waals surface area (Å²) in [6.45, 7) is 4.02.